The summed E-state index contributed by atoms with van der Waals surface area (Å²) in [4.78, 5) is 11.1. The highest BCUT2D eigenvalue weighted by atomic mass is 16.5. The average Bonchev–Trinajstić information content (AvgIpc) is 2.26. The number of esters is 1. The number of rotatable bonds is 3. The molecule has 1 aromatic carbocycles. The number of carbonyl (C=O) groups is 1. The van der Waals surface area contributed by atoms with Crippen molar-refractivity contribution in [2.45, 2.75) is 26.1 Å². The molecule has 0 aliphatic heterocycles. The molecular formula is C12H16O4. The van der Waals surface area contributed by atoms with Crippen LogP contribution in [0.25, 0.3) is 0 Å². The third-order valence-electron chi connectivity index (χ3n) is 2.49. The lowest BCUT2D eigenvalue weighted by Crippen LogP contribution is -2.29. The quantitative estimate of drug-likeness (QED) is 0.748. The van der Waals surface area contributed by atoms with Gasteiger partial charge in [-0.25, -0.2) is 4.79 Å². The van der Waals surface area contributed by atoms with Gasteiger partial charge in [0.25, 0.3) is 0 Å². The van der Waals surface area contributed by atoms with Crippen molar-refractivity contribution in [1.29, 1.82) is 0 Å². The lowest BCUT2D eigenvalue weighted by atomic mass is 9.98. The fourth-order valence-corrected chi connectivity index (χ4v) is 1.58. The number of aliphatic hydroxyl groups is 2. The van der Waals surface area contributed by atoms with Gasteiger partial charge in [0.2, 0.25) is 0 Å². The molecule has 2 atom stereocenters. The van der Waals surface area contributed by atoms with Gasteiger partial charge in [0.05, 0.1) is 7.11 Å². The fourth-order valence-electron chi connectivity index (χ4n) is 1.58. The molecule has 0 bridgehead atoms. The monoisotopic (exact) mass is 224 g/mol. The molecular weight excluding hydrogens is 208 g/mol. The number of aryl methyl sites for hydroxylation is 2. The van der Waals surface area contributed by atoms with Crippen LogP contribution in [0.1, 0.15) is 22.8 Å². The summed E-state index contributed by atoms with van der Waals surface area (Å²) in [5.41, 5.74) is 2.42. The zero-order valence-corrected chi connectivity index (χ0v) is 9.60. The summed E-state index contributed by atoms with van der Waals surface area (Å²) < 4.78 is 4.37. The molecule has 0 spiro atoms. The molecule has 0 radical (unpaired) electrons. The van der Waals surface area contributed by atoms with Crippen molar-refractivity contribution in [2.24, 2.45) is 0 Å². The van der Waals surface area contributed by atoms with Crippen LogP contribution in [-0.2, 0) is 9.53 Å². The largest absolute Gasteiger partial charge is 0.467 e. The van der Waals surface area contributed by atoms with E-state index in [1.807, 2.05) is 26.0 Å². The molecule has 1 aromatic rings. The standard InChI is InChI=1S/C12H16O4/c1-7-4-5-9(8(2)6-7)10(13)11(14)12(15)16-3/h4-6,10-11,13-14H,1-3H3. The van der Waals surface area contributed by atoms with Gasteiger partial charge in [0, 0.05) is 0 Å². The van der Waals surface area contributed by atoms with Crippen molar-refractivity contribution in [1.82, 2.24) is 0 Å². The highest BCUT2D eigenvalue weighted by Crippen LogP contribution is 2.22. The first-order valence-corrected chi connectivity index (χ1v) is 4.98. The van der Waals surface area contributed by atoms with Crippen molar-refractivity contribution < 1.29 is 19.7 Å². The Morgan fingerprint density at radius 3 is 2.44 bits per heavy atom. The van der Waals surface area contributed by atoms with Gasteiger partial charge in [-0.15, -0.1) is 0 Å². The normalized spacial score (nSPS) is 14.3. The van der Waals surface area contributed by atoms with E-state index in [1.54, 1.807) is 6.07 Å². The number of hydrogen-bond acceptors (Lipinski definition) is 4. The Hall–Kier alpha value is -1.39. The molecule has 0 aliphatic rings. The molecule has 0 aliphatic carbocycles. The van der Waals surface area contributed by atoms with Crippen LogP contribution in [0.5, 0.6) is 0 Å². The fraction of sp³-hybridized carbons (Fsp3) is 0.417. The van der Waals surface area contributed by atoms with Crippen LogP contribution in [-0.4, -0.2) is 29.4 Å². The van der Waals surface area contributed by atoms with Crippen LogP contribution in [0.4, 0.5) is 0 Å². The Morgan fingerprint density at radius 2 is 1.94 bits per heavy atom. The minimum atomic E-state index is -1.55. The van der Waals surface area contributed by atoms with Crippen LogP contribution < -0.4 is 0 Å². The van der Waals surface area contributed by atoms with Crippen molar-refractivity contribution in [3.05, 3.63) is 34.9 Å². The zero-order chi connectivity index (χ0) is 12.3. The minimum absolute atomic E-state index is 0.531. The lowest BCUT2D eigenvalue weighted by Gasteiger charge is -2.18. The van der Waals surface area contributed by atoms with Gasteiger partial charge in [-0.05, 0) is 25.0 Å². The maximum Gasteiger partial charge on any atom is 0.337 e. The summed E-state index contributed by atoms with van der Waals surface area (Å²) in [5.74, 6) is -0.840. The molecule has 88 valence electrons. The average molecular weight is 224 g/mol. The number of benzene rings is 1. The van der Waals surface area contributed by atoms with Gasteiger partial charge in [-0.1, -0.05) is 23.8 Å². The predicted molar refractivity (Wildman–Crippen MR) is 58.9 cm³/mol. The van der Waals surface area contributed by atoms with E-state index in [1.165, 1.54) is 7.11 Å². The molecule has 0 aromatic heterocycles. The highest BCUT2D eigenvalue weighted by Gasteiger charge is 2.27. The van der Waals surface area contributed by atoms with Crippen molar-refractivity contribution in [3.63, 3.8) is 0 Å². The second-order valence-corrected chi connectivity index (χ2v) is 3.77. The second kappa shape index (κ2) is 5.09. The van der Waals surface area contributed by atoms with E-state index in [-0.39, 0.29) is 0 Å². The van der Waals surface area contributed by atoms with Crippen LogP contribution in [0.3, 0.4) is 0 Å². The smallest absolute Gasteiger partial charge is 0.337 e. The summed E-state index contributed by atoms with van der Waals surface area (Å²) in [6.45, 7) is 3.75. The number of aliphatic hydroxyl groups excluding tert-OH is 2. The summed E-state index contributed by atoms with van der Waals surface area (Å²) in [6, 6.07) is 5.39. The first-order valence-electron chi connectivity index (χ1n) is 4.98. The first kappa shape index (κ1) is 12.7. The Balaban J connectivity index is 2.96. The predicted octanol–water partition coefficient (Wildman–Crippen LogP) is 0.871. The summed E-state index contributed by atoms with van der Waals surface area (Å²) in [7, 11) is 1.17. The Kier molecular flexibility index (Phi) is 4.04. The summed E-state index contributed by atoms with van der Waals surface area (Å²) in [5, 5.41) is 19.3. The Bertz CT molecular complexity index is 387. The number of methoxy groups -OCH3 is 1. The number of ether oxygens (including phenoxy) is 1. The van der Waals surface area contributed by atoms with Gasteiger partial charge in [0.15, 0.2) is 6.10 Å². The van der Waals surface area contributed by atoms with E-state index in [4.69, 9.17) is 0 Å². The van der Waals surface area contributed by atoms with Gasteiger partial charge < -0.3 is 14.9 Å². The molecule has 0 amide bonds. The van der Waals surface area contributed by atoms with Crippen LogP contribution in [0.15, 0.2) is 18.2 Å². The van der Waals surface area contributed by atoms with E-state index in [0.29, 0.717) is 5.56 Å². The third-order valence-corrected chi connectivity index (χ3v) is 2.49. The molecule has 1 rings (SSSR count). The van der Waals surface area contributed by atoms with Gasteiger partial charge in [-0.3, -0.25) is 0 Å². The third kappa shape index (κ3) is 2.59. The summed E-state index contributed by atoms with van der Waals surface area (Å²) >= 11 is 0. The van der Waals surface area contributed by atoms with E-state index < -0.39 is 18.2 Å². The maximum atomic E-state index is 11.1. The van der Waals surface area contributed by atoms with Crippen molar-refractivity contribution >= 4 is 5.97 Å². The van der Waals surface area contributed by atoms with Gasteiger partial charge in [-0.2, -0.15) is 0 Å². The van der Waals surface area contributed by atoms with Crippen LogP contribution in [0, 0.1) is 13.8 Å². The molecule has 0 saturated heterocycles. The minimum Gasteiger partial charge on any atom is -0.467 e. The topological polar surface area (TPSA) is 66.8 Å². The molecule has 2 unspecified atom stereocenters. The number of hydrogen-bond donors (Lipinski definition) is 2. The summed E-state index contributed by atoms with van der Waals surface area (Å²) in [6.07, 6.45) is -2.81. The van der Waals surface area contributed by atoms with Crippen LogP contribution in [0.2, 0.25) is 0 Å². The highest BCUT2D eigenvalue weighted by molar-refractivity contribution is 5.75. The van der Waals surface area contributed by atoms with E-state index in [2.05, 4.69) is 4.74 Å². The lowest BCUT2D eigenvalue weighted by molar-refractivity contribution is -0.156. The molecule has 4 heteroatoms. The Morgan fingerprint density at radius 1 is 1.31 bits per heavy atom. The SMILES string of the molecule is COC(=O)C(O)C(O)c1ccc(C)cc1C. The Labute approximate surface area is 94.5 Å². The van der Waals surface area contributed by atoms with Gasteiger partial charge in [0.1, 0.15) is 6.10 Å². The van der Waals surface area contributed by atoms with Crippen LogP contribution >= 0.6 is 0 Å². The van der Waals surface area contributed by atoms with Crippen molar-refractivity contribution in [2.75, 3.05) is 7.11 Å². The van der Waals surface area contributed by atoms with E-state index in [9.17, 15) is 15.0 Å². The molecule has 4 nitrogen and oxygen atoms in total. The number of carbonyl (C=O) groups excluding carboxylic acids is 1. The van der Waals surface area contributed by atoms with E-state index in [0.717, 1.165) is 11.1 Å². The molecule has 0 saturated carbocycles. The molecule has 0 heterocycles. The molecule has 0 fully saturated rings. The van der Waals surface area contributed by atoms with Gasteiger partial charge >= 0.3 is 5.97 Å². The van der Waals surface area contributed by atoms with E-state index >= 15 is 0 Å². The maximum absolute atomic E-state index is 11.1. The van der Waals surface area contributed by atoms with Crippen molar-refractivity contribution in [3.8, 4) is 0 Å². The first-order chi connectivity index (χ1) is 7.47. The molecule has 2 N–H and O–H groups in total. The molecule has 16 heavy (non-hydrogen) atoms. The zero-order valence-electron chi connectivity index (χ0n) is 9.60. The second-order valence-electron chi connectivity index (χ2n) is 3.77.